The van der Waals surface area contributed by atoms with E-state index in [1.54, 1.807) is 0 Å². The lowest BCUT2D eigenvalue weighted by Crippen LogP contribution is -2.24. The van der Waals surface area contributed by atoms with Crippen LogP contribution in [0.1, 0.15) is 49.2 Å². The van der Waals surface area contributed by atoms with Crippen molar-refractivity contribution in [1.29, 1.82) is 0 Å². The van der Waals surface area contributed by atoms with E-state index in [1.165, 1.54) is 0 Å². The van der Waals surface area contributed by atoms with Crippen LogP contribution in [0.15, 0.2) is 12.1 Å². The predicted molar refractivity (Wildman–Crippen MR) is 66.3 cm³/mol. The molecule has 0 N–H and O–H groups in total. The van der Waals surface area contributed by atoms with Crippen molar-refractivity contribution >= 4 is 6.29 Å². The van der Waals surface area contributed by atoms with Gasteiger partial charge in [-0.2, -0.15) is 0 Å². The first-order chi connectivity index (χ1) is 7.52. The number of carbonyl (C=O) groups excluding carboxylic acids is 1. The zero-order chi connectivity index (χ0) is 12.3. The molecule has 88 valence electrons. The van der Waals surface area contributed by atoms with Gasteiger partial charge in [-0.05, 0) is 38.0 Å². The van der Waals surface area contributed by atoms with Crippen LogP contribution in [0.4, 0.5) is 0 Å². The van der Waals surface area contributed by atoms with Crippen LogP contribution in [0.5, 0.6) is 5.75 Å². The number of carbonyl (C=O) groups is 1. The number of benzene rings is 1. The van der Waals surface area contributed by atoms with E-state index >= 15 is 0 Å². The van der Waals surface area contributed by atoms with Crippen LogP contribution in [0.25, 0.3) is 0 Å². The molecule has 1 aromatic carbocycles. The Morgan fingerprint density at radius 2 is 1.94 bits per heavy atom. The molecule has 0 saturated carbocycles. The zero-order valence-corrected chi connectivity index (χ0v) is 10.8. The third-order valence-electron chi connectivity index (χ3n) is 2.46. The maximum absolute atomic E-state index is 10.8. The third kappa shape index (κ3) is 2.43. The van der Waals surface area contributed by atoms with Gasteiger partial charge in [0.1, 0.15) is 11.4 Å². The summed E-state index contributed by atoms with van der Waals surface area (Å²) < 4.78 is 5.74. The molecule has 0 saturated heterocycles. The number of fused-ring (bicyclic) bond motifs is 1. The Hall–Kier alpha value is -1.31. The molecule has 0 fully saturated rings. The third-order valence-corrected chi connectivity index (χ3v) is 2.46. The van der Waals surface area contributed by atoms with E-state index in [9.17, 15) is 4.79 Å². The van der Waals surface area contributed by atoms with Crippen LogP contribution < -0.4 is 4.74 Å². The van der Waals surface area contributed by atoms with E-state index in [1.807, 2.05) is 40.7 Å². The number of hydrogen-bond donors (Lipinski definition) is 0. The van der Waals surface area contributed by atoms with Crippen molar-refractivity contribution in [2.45, 2.75) is 46.6 Å². The molecular weight excluding hydrogens is 200 g/mol. The number of aryl methyl sites for hydroxylation is 1. The van der Waals surface area contributed by atoms with Crippen LogP contribution >= 0.6 is 0 Å². The van der Waals surface area contributed by atoms with Crippen molar-refractivity contribution in [3.8, 4) is 5.75 Å². The number of ether oxygens (including phenoxy) is 1. The normalized spacial score (nSPS) is 15.6. The summed E-state index contributed by atoms with van der Waals surface area (Å²) in [5.74, 6) is 0.774. The van der Waals surface area contributed by atoms with Gasteiger partial charge in [-0.1, -0.05) is 19.9 Å². The summed E-state index contributed by atoms with van der Waals surface area (Å²) in [5.41, 5.74) is 2.77. The van der Waals surface area contributed by atoms with Crippen molar-refractivity contribution in [3.63, 3.8) is 0 Å². The van der Waals surface area contributed by atoms with Crippen LogP contribution in [0.2, 0.25) is 0 Å². The molecule has 1 heterocycles. The van der Waals surface area contributed by atoms with Gasteiger partial charge in [-0.3, -0.25) is 4.79 Å². The predicted octanol–water partition coefficient (Wildman–Crippen LogP) is 3.55. The Morgan fingerprint density at radius 3 is 2.50 bits per heavy atom. The van der Waals surface area contributed by atoms with Crippen LogP contribution in [0, 0.1) is 6.92 Å². The Balaban J connectivity index is 0.000000606. The van der Waals surface area contributed by atoms with Gasteiger partial charge in [-0.25, -0.2) is 0 Å². The minimum Gasteiger partial charge on any atom is -0.486 e. The van der Waals surface area contributed by atoms with Crippen molar-refractivity contribution in [2.24, 2.45) is 0 Å². The minimum absolute atomic E-state index is 0.173. The van der Waals surface area contributed by atoms with Gasteiger partial charge >= 0.3 is 0 Å². The largest absolute Gasteiger partial charge is 0.486 e. The second-order valence-corrected chi connectivity index (χ2v) is 4.50. The summed E-state index contributed by atoms with van der Waals surface area (Å²) >= 11 is 0. The summed E-state index contributed by atoms with van der Waals surface area (Å²) in [5, 5.41) is 0. The van der Waals surface area contributed by atoms with Gasteiger partial charge in [0.15, 0.2) is 6.29 Å². The highest BCUT2D eigenvalue weighted by atomic mass is 16.5. The molecule has 0 aromatic heterocycles. The molecule has 0 amide bonds. The van der Waals surface area contributed by atoms with Crippen molar-refractivity contribution in [3.05, 3.63) is 28.8 Å². The summed E-state index contributed by atoms with van der Waals surface area (Å²) in [6.45, 7) is 10.1. The summed E-state index contributed by atoms with van der Waals surface area (Å²) in [7, 11) is 0. The molecule has 1 aliphatic heterocycles. The molecule has 2 rings (SSSR count). The number of rotatable bonds is 1. The van der Waals surface area contributed by atoms with E-state index in [0.717, 1.165) is 29.6 Å². The van der Waals surface area contributed by atoms with E-state index < -0.39 is 0 Å². The SMILES string of the molecule is CC.Cc1cc(C=O)c2c(c1)CC(C)(C)O2. The Labute approximate surface area is 97.6 Å². The highest BCUT2D eigenvalue weighted by Crippen LogP contribution is 2.37. The first kappa shape index (κ1) is 12.8. The molecule has 0 bridgehead atoms. The fraction of sp³-hybridized carbons (Fsp3) is 0.500. The van der Waals surface area contributed by atoms with Crippen LogP contribution in [0.3, 0.4) is 0 Å². The van der Waals surface area contributed by atoms with Gasteiger partial charge in [0.2, 0.25) is 0 Å². The fourth-order valence-electron chi connectivity index (χ4n) is 1.99. The first-order valence-corrected chi connectivity index (χ1v) is 5.79. The summed E-state index contributed by atoms with van der Waals surface area (Å²) in [6, 6.07) is 3.96. The molecule has 2 heteroatoms. The lowest BCUT2D eigenvalue weighted by molar-refractivity contribution is 0.110. The van der Waals surface area contributed by atoms with E-state index in [0.29, 0.717) is 5.56 Å². The monoisotopic (exact) mass is 220 g/mol. The number of aldehydes is 1. The van der Waals surface area contributed by atoms with Crippen LogP contribution in [-0.2, 0) is 6.42 Å². The van der Waals surface area contributed by atoms with Crippen molar-refractivity contribution in [2.75, 3.05) is 0 Å². The van der Waals surface area contributed by atoms with Gasteiger partial charge in [-0.15, -0.1) is 0 Å². The van der Waals surface area contributed by atoms with Crippen molar-refractivity contribution < 1.29 is 9.53 Å². The average molecular weight is 220 g/mol. The zero-order valence-electron chi connectivity index (χ0n) is 10.8. The first-order valence-electron chi connectivity index (χ1n) is 5.79. The van der Waals surface area contributed by atoms with Gasteiger partial charge in [0.05, 0.1) is 5.56 Å². The maximum atomic E-state index is 10.8. The summed E-state index contributed by atoms with van der Waals surface area (Å²) in [6.07, 6.45) is 1.75. The Kier molecular flexibility index (Phi) is 3.74. The quantitative estimate of drug-likeness (QED) is 0.676. The standard InChI is InChI=1S/C12H14O2.C2H6/c1-8-4-9-6-12(2,3)14-11(9)10(5-8)7-13;1-2/h4-5,7H,6H2,1-3H3;1-2H3. The molecule has 0 aliphatic carbocycles. The molecule has 1 aliphatic rings. The Bertz CT molecular complexity index is 392. The Morgan fingerprint density at radius 1 is 1.31 bits per heavy atom. The second kappa shape index (κ2) is 4.69. The van der Waals surface area contributed by atoms with E-state index in [2.05, 4.69) is 6.07 Å². The van der Waals surface area contributed by atoms with Gasteiger partial charge < -0.3 is 4.74 Å². The highest BCUT2D eigenvalue weighted by Gasteiger charge is 2.31. The topological polar surface area (TPSA) is 26.3 Å². The highest BCUT2D eigenvalue weighted by molar-refractivity contribution is 5.81. The van der Waals surface area contributed by atoms with E-state index in [4.69, 9.17) is 4.74 Å². The second-order valence-electron chi connectivity index (χ2n) is 4.50. The van der Waals surface area contributed by atoms with Crippen LogP contribution in [-0.4, -0.2) is 11.9 Å². The van der Waals surface area contributed by atoms with Gasteiger partial charge in [0.25, 0.3) is 0 Å². The molecule has 0 atom stereocenters. The van der Waals surface area contributed by atoms with Crippen molar-refractivity contribution in [1.82, 2.24) is 0 Å². The molecule has 1 aromatic rings. The van der Waals surface area contributed by atoms with Gasteiger partial charge in [0, 0.05) is 6.42 Å². The molecule has 0 spiro atoms. The average Bonchev–Trinajstić information content (AvgIpc) is 2.53. The molecular formula is C14H20O2. The molecule has 16 heavy (non-hydrogen) atoms. The number of hydrogen-bond acceptors (Lipinski definition) is 2. The minimum atomic E-state index is -0.173. The molecule has 0 unspecified atom stereocenters. The lowest BCUT2D eigenvalue weighted by Gasteiger charge is -2.17. The smallest absolute Gasteiger partial charge is 0.153 e. The fourth-order valence-corrected chi connectivity index (χ4v) is 1.99. The molecule has 0 radical (unpaired) electrons. The van der Waals surface area contributed by atoms with E-state index in [-0.39, 0.29) is 5.60 Å². The molecule has 2 nitrogen and oxygen atoms in total. The summed E-state index contributed by atoms with van der Waals surface area (Å²) in [4.78, 5) is 10.8. The lowest BCUT2D eigenvalue weighted by atomic mass is 9.99. The maximum Gasteiger partial charge on any atom is 0.153 e.